The Morgan fingerprint density at radius 1 is 1.27 bits per heavy atom. The van der Waals surface area contributed by atoms with Gasteiger partial charge in [-0.05, 0) is 37.0 Å². The molecule has 1 heteroatoms. The normalized spacial score (nSPS) is 10.2. The van der Waals surface area contributed by atoms with Gasteiger partial charge in [-0.2, -0.15) is 0 Å². The lowest BCUT2D eigenvalue weighted by Crippen LogP contribution is -1.89. The van der Waals surface area contributed by atoms with Gasteiger partial charge in [-0.1, -0.05) is 30.7 Å². The van der Waals surface area contributed by atoms with Crippen molar-refractivity contribution in [1.82, 2.24) is 0 Å². The maximum atomic E-state index is 6.06. The van der Waals surface area contributed by atoms with Crippen molar-refractivity contribution in [3.05, 3.63) is 33.8 Å². The summed E-state index contributed by atoms with van der Waals surface area (Å²) in [4.78, 5) is 0. The summed E-state index contributed by atoms with van der Waals surface area (Å²) in [7, 11) is 0. The van der Waals surface area contributed by atoms with Crippen LogP contribution in [-0.2, 0) is 6.42 Å². The third kappa shape index (κ3) is 1.57. The minimum absolute atomic E-state index is 0.921. The number of aryl methyl sites for hydroxylation is 2. The van der Waals surface area contributed by atoms with Crippen LogP contribution < -0.4 is 0 Å². The van der Waals surface area contributed by atoms with Crippen LogP contribution in [0.25, 0.3) is 0 Å². The van der Waals surface area contributed by atoms with Crippen LogP contribution in [0.4, 0.5) is 0 Å². The van der Waals surface area contributed by atoms with Gasteiger partial charge in [-0.15, -0.1) is 0 Å². The SMILES string of the molecule is CCc1ccc(C)c(Cl)c1C. The third-order valence-electron chi connectivity index (χ3n) is 2.07. The predicted molar refractivity (Wildman–Crippen MR) is 50.3 cm³/mol. The van der Waals surface area contributed by atoms with Crippen molar-refractivity contribution in [2.24, 2.45) is 0 Å². The molecule has 0 spiro atoms. The molecule has 0 aliphatic carbocycles. The maximum absolute atomic E-state index is 6.06. The highest BCUT2D eigenvalue weighted by Gasteiger charge is 2.02. The van der Waals surface area contributed by atoms with E-state index < -0.39 is 0 Å². The first-order chi connectivity index (χ1) is 5.16. The van der Waals surface area contributed by atoms with Crippen molar-refractivity contribution >= 4 is 11.6 Å². The monoisotopic (exact) mass is 168 g/mol. The molecule has 0 aliphatic rings. The van der Waals surface area contributed by atoms with Crippen LogP contribution >= 0.6 is 11.6 Å². The average molecular weight is 169 g/mol. The van der Waals surface area contributed by atoms with Gasteiger partial charge in [-0.3, -0.25) is 0 Å². The largest absolute Gasteiger partial charge is 0.0838 e. The molecule has 1 aromatic rings. The van der Waals surface area contributed by atoms with Gasteiger partial charge in [0.2, 0.25) is 0 Å². The summed E-state index contributed by atoms with van der Waals surface area (Å²) in [5, 5.41) is 0.921. The molecule has 0 nitrogen and oxygen atoms in total. The second kappa shape index (κ2) is 3.27. The van der Waals surface area contributed by atoms with Gasteiger partial charge in [0, 0.05) is 5.02 Å². The van der Waals surface area contributed by atoms with E-state index in [-0.39, 0.29) is 0 Å². The van der Waals surface area contributed by atoms with E-state index in [9.17, 15) is 0 Å². The second-order valence-electron chi connectivity index (χ2n) is 2.83. The molecule has 0 unspecified atom stereocenters. The summed E-state index contributed by atoms with van der Waals surface area (Å²) in [6.45, 7) is 6.26. The Morgan fingerprint density at radius 2 is 1.91 bits per heavy atom. The van der Waals surface area contributed by atoms with Crippen LogP contribution in [0.5, 0.6) is 0 Å². The van der Waals surface area contributed by atoms with Gasteiger partial charge in [0.1, 0.15) is 0 Å². The van der Waals surface area contributed by atoms with E-state index in [0.29, 0.717) is 0 Å². The van der Waals surface area contributed by atoms with E-state index in [1.165, 1.54) is 16.7 Å². The van der Waals surface area contributed by atoms with Crippen LogP contribution in [0, 0.1) is 13.8 Å². The zero-order chi connectivity index (χ0) is 8.43. The molecule has 1 aromatic carbocycles. The number of hydrogen-bond donors (Lipinski definition) is 0. The van der Waals surface area contributed by atoms with E-state index in [1.807, 2.05) is 6.92 Å². The van der Waals surface area contributed by atoms with E-state index in [2.05, 4.69) is 26.0 Å². The van der Waals surface area contributed by atoms with Gasteiger partial charge in [0.25, 0.3) is 0 Å². The lowest BCUT2D eigenvalue weighted by molar-refractivity contribution is 1.10. The molecule has 0 atom stereocenters. The van der Waals surface area contributed by atoms with Crippen LogP contribution in [0.2, 0.25) is 5.02 Å². The van der Waals surface area contributed by atoms with Crippen molar-refractivity contribution in [1.29, 1.82) is 0 Å². The average Bonchev–Trinajstić information content (AvgIpc) is 2.01. The zero-order valence-electron chi connectivity index (χ0n) is 7.24. The minimum atomic E-state index is 0.921. The number of halogens is 1. The predicted octanol–water partition coefficient (Wildman–Crippen LogP) is 3.52. The Labute approximate surface area is 73.2 Å². The van der Waals surface area contributed by atoms with Gasteiger partial charge in [-0.25, -0.2) is 0 Å². The van der Waals surface area contributed by atoms with Crippen LogP contribution in [0.1, 0.15) is 23.6 Å². The summed E-state index contributed by atoms with van der Waals surface area (Å²) in [6, 6.07) is 4.23. The molecule has 0 aromatic heterocycles. The molecule has 0 fully saturated rings. The number of benzene rings is 1. The van der Waals surface area contributed by atoms with Crippen molar-refractivity contribution in [2.75, 3.05) is 0 Å². The first kappa shape index (κ1) is 8.61. The standard InChI is InChI=1S/C10H13Cl/c1-4-9-6-5-7(2)10(11)8(9)3/h5-6H,4H2,1-3H3. The molecule has 0 aliphatic heterocycles. The summed E-state index contributed by atoms with van der Waals surface area (Å²) >= 11 is 6.06. The molecular weight excluding hydrogens is 156 g/mol. The fourth-order valence-electron chi connectivity index (χ4n) is 1.24. The fourth-order valence-corrected chi connectivity index (χ4v) is 1.43. The van der Waals surface area contributed by atoms with Crippen molar-refractivity contribution < 1.29 is 0 Å². The summed E-state index contributed by atoms with van der Waals surface area (Å²) < 4.78 is 0. The number of rotatable bonds is 1. The van der Waals surface area contributed by atoms with E-state index >= 15 is 0 Å². The Hall–Kier alpha value is -0.490. The number of hydrogen-bond acceptors (Lipinski definition) is 0. The van der Waals surface area contributed by atoms with E-state index in [4.69, 9.17) is 11.6 Å². The summed E-state index contributed by atoms with van der Waals surface area (Å²) in [6.07, 6.45) is 1.06. The van der Waals surface area contributed by atoms with Gasteiger partial charge in [0.15, 0.2) is 0 Å². The Kier molecular flexibility index (Phi) is 2.56. The lowest BCUT2D eigenvalue weighted by Gasteiger charge is -2.06. The summed E-state index contributed by atoms with van der Waals surface area (Å²) in [5.41, 5.74) is 3.75. The van der Waals surface area contributed by atoms with Crippen molar-refractivity contribution in [2.45, 2.75) is 27.2 Å². The highest BCUT2D eigenvalue weighted by molar-refractivity contribution is 6.32. The Morgan fingerprint density at radius 3 is 2.45 bits per heavy atom. The Balaban J connectivity index is 3.25. The van der Waals surface area contributed by atoms with Gasteiger partial charge < -0.3 is 0 Å². The van der Waals surface area contributed by atoms with Crippen molar-refractivity contribution in [3.63, 3.8) is 0 Å². The minimum Gasteiger partial charge on any atom is -0.0838 e. The molecule has 60 valence electrons. The Bertz CT molecular complexity index is 264. The molecule has 0 radical (unpaired) electrons. The molecule has 0 saturated carbocycles. The van der Waals surface area contributed by atoms with Crippen LogP contribution in [0.3, 0.4) is 0 Å². The smallest absolute Gasteiger partial charge is 0.0467 e. The van der Waals surface area contributed by atoms with Gasteiger partial charge >= 0.3 is 0 Å². The van der Waals surface area contributed by atoms with E-state index in [0.717, 1.165) is 11.4 Å². The summed E-state index contributed by atoms with van der Waals surface area (Å²) in [5.74, 6) is 0. The molecule has 0 heterocycles. The van der Waals surface area contributed by atoms with Crippen molar-refractivity contribution in [3.8, 4) is 0 Å². The molecule has 11 heavy (non-hydrogen) atoms. The molecule has 0 N–H and O–H groups in total. The second-order valence-corrected chi connectivity index (χ2v) is 3.21. The van der Waals surface area contributed by atoms with Gasteiger partial charge in [0.05, 0.1) is 0 Å². The maximum Gasteiger partial charge on any atom is 0.0467 e. The molecule has 0 amide bonds. The third-order valence-corrected chi connectivity index (χ3v) is 2.65. The van der Waals surface area contributed by atoms with Crippen LogP contribution in [-0.4, -0.2) is 0 Å². The fraction of sp³-hybridized carbons (Fsp3) is 0.400. The van der Waals surface area contributed by atoms with Crippen LogP contribution in [0.15, 0.2) is 12.1 Å². The lowest BCUT2D eigenvalue weighted by atomic mass is 10.0. The molecule has 0 bridgehead atoms. The first-order valence-electron chi connectivity index (χ1n) is 3.91. The highest BCUT2D eigenvalue weighted by atomic mass is 35.5. The molecular formula is C10H13Cl. The molecule has 1 rings (SSSR count). The zero-order valence-corrected chi connectivity index (χ0v) is 8.00. The topological polar surface area (TPSA) is 0 Å². The first-order valence-corrected chi connectivity index (χ1v) is 4.29. The highest BCUT2D eigenvalue weighted by Crippen LogP contribution is 2.23. The quantitative estimate of drug-likeness (QED) is 0.602. The van der Waals surface area contributed by atoms with E-state index in [1.54, 1.807) is 0 Å². The molecule has 0 saturated heterocycles.